The largest absolute Gasteiger partial charge is 0.352 e. The van der Waals surface area contributed by atoms with Gasteiger partial charge in [0, 0.05) is 18.5 Å². The van der Waals surface area contributed by atoms with Crippen LogP contribution in [0.1, 0.15) is 16.8 Å². The first-order valence-corrected chi connectivity index (χ1v) is 7.20. The van der Waals surface area contributed by atoms with Crippen LogP contribution in [0.15, 0.2) is 46.5 Å². The Morgan fingerprint density at radius 2 is 1.91 bits per heavy atom. The van der Waals surface area contributed by atoms with E-state index in [-0.39, 0.29) is 5.91 Å². The molecule has 3 aromatic rings. The molecule has 0 atom stereocenters. The van der Waals surface area contributed by atoms with Gasteiger partial charge in [0.2, 0.25) is 6.33 Å². The van der Waals surface area contributed by atoms with Gasteiger partial charge in [0.05, 0.1) is 17.6 Å². The first kappa shape index (κ1) is 14.8. The van der Waals surface area contributed by atoms with Crippen LogP contribution in [0.3, 0.4) is 0 Å². The minimum Gasteiger partial charge on any atom is -0.352 e. The second-order valence-electron chi connectivity index (χ2n) is 5.13. The van der Waals surface area contributed by atoms with Crippen LogP contribution in [0.2, 0.25) is 0 Å². The topological polar surface area (TPSA) is 114 Å². The van der Waals surface area contributed by atoms with Gasteiger partial charge in [-0.2, -0.15) is 0 Å². The van der Waals surface area contributed by atoms with E-state index in [1.165, 1.54) is 0 Å². The first-order chi connectivity index (χ1) is 11.1. The standard InChI is InChI=1S/C15H15N5O3/c21-13(17-4-1-6-20-7-5-16-9-20)10-2-3-11-12(8-10)19-15(23)14(22)18-11/h2-3,5,7-9H,1,4,6H2,(H3,17,18,19,21,22,23)/p+1. The Labute approximate surface area is 130 Å². The molecule has 23 heavy (non-hydrogen) atoms. The van der Waals surface area contributed by atoms with Crippen molar-refractivity contribution in [3.05, 3.63) is 63.2 Å². The van der Waals surface area contributed by atoms with Crippen LogP contribution in [0.4, 0.5) is 0 Å². The number of aromatic amines is 3. The summed E-state index contributed by atoms with van der Waals surface area (Å²) >= 11 is 0. The molecule has 0 saturated carbocycles. The van der Waals surface area contributed by atoms with Gasteiger partial charge in [0.15, 0.2) is 0 Å². The zero-order chi connectivity index (χ0) is 16.2. The molecule has 0 aliphatic carbocycles. The number of imidazole rings is 1. The van der Waals surface area contributed by atoms with E-state index in [0.29, 0.717) is 23.1 Å². The number of rotatable bonds is 5. The number of carbonyl (C=O) groups is 1. The van der Waals surface area contributed by atoms with E-state index in [0.717, 1.165) is 13.0 Å². The normalized spacial score (nSPS) is 10.8. The fourth-order valence-electron chi connectivity index (χ4n) is 2.28. The predicted octanol–water partition coefficient (Wildman–Crippen LogP) is -0.348. The lowest BCUT2D eigenvalue weighted by Gasteiger charge is -2.05. The molecule has 0 radical (unpaired) electrons. The molecule has 1 aromatic carbocycles. The molecule has 0 bridgehead atoms. The monoisotopic (exact) mass is 314 g/mol. The van der Waals surface area contributed by atoms with Gasteiger partial charge in [-0.1, -0.05) is 0 Å². The maximum atomic E-state index is 12.1. The highest BCUT2D eigenvalue weighted by Gasteiger charge is 2.07. The van der Waals surface area contributed by atoms with Crippen LogP contribution in [0, 0.1) is 0 Å². The summed E-state index contributed by atoms with van der Waals surface area (Å²) in [5, 5.41) is 2.83. The van der Waals surface area contributed by atoms with E-state index in [4.69, 9.17) is 0 Å². The number of H-pyrrole nitrogens is 3. The van der Waals surface area contributed by atoms with Gasteiger partial charge in [-0.25, -0.2) is 4.57 Å². The number of carbonyl (C=O) groups excluding carboxylic acids is 1. The molecule has 0 aliphatic rings. The van der Waals surface area contributed by atoms with E-state index >= 15 is 0 Å². The highest BCUT2D eigenvalue weighted by molar-refractivity contribution is 5.97. The average molecular weight is 314 g/mol. The Hall–Kier alpha value is -3.16. The summed E-state index contributed by atoms with van der Waals surface area (Å²) in [5.74, 6) is -0.224. The molecule has 8 heteroatoms. The molecule has 118 valence electrons. The number of hydrogen-bond acceptors (Lipinski definition) is 3. The number of amides is 1. The second-order valence-corrected chi connectivity index (χ2v) is 5.13. The van der Waals surface area contributed by atoms with Crippen molar-refractivity contribution in [1.29, 1.82) is 0 Å². The molecule has 3 rings (SSSR count). The van der Waals surface area contributed by atoms with Gasteiger partial charge in [0.25, 0.3) is 5.91 Å². The summed E-state index contributed by atoms with van der Waals surface area (Å²) in [6.07, 6.45) is 6.40. The van der Waals surface area contributed by atoms with Crippen LogP contribution < -0.4 is 21.0 Å². The smallest absolute Gasteiger partial charge is 0.314 e. The van der Waals surface area contributed by atoms with E-state index in [9.17, 15) is 14.4 Å². The number of aromatic nitrogens is 4. The zero-order valence-electron chi connectivity index (χ0n) is 12.3. The molecule has 4 N–H and O–H groups in total. The Balaban J connectivity index is 1.65. The van der Waals surface area contributed by atoms with Crippen molar-refractivity contribution in [2.45, 2.75) is 13.0 Å². The van der Waals surface area contributed by atoms with E-state index in [1.807, 2.05) is 23.3 Å². The van der Waals surface area contributed by atoms with Crippen molar-refractivity contribution >= 4 is 16.9 Å². The Morgan fingerprint density at radius 1 is 1.13 bits per heavy atom. The minimum atomic E-state index is -0.737. The van der Waals surface area contributed by atoms with Crippen molar-refractivity contribution in [3.8, 4) is 0 Å². The molecule has 0 spiro atoms. The van der Waals surface area contributed by atoms with Gasteiger partial charge in [-0.15, -0.1) is 0 Å². The lowest BCUT2D eigenvalue weighted by Crippen LogP contribution is -2.33. The summed E-state index contributed by atoms with van der Waals surface area (Å²) in [5.41, 5.74) is -0.120. The van der Waals surface area contributed by atoms with Crippen LogP contribution in [0.25, 0.3) is 11.0 Å². The fourth-order valence-corrected chi connectivity index (χ4v) is 2.28. The summed E-state index contributed by atoms with van der Waals surface area (Å²) in [6, 6.07) is 4.74. The average Bonchev–Trinajstić information content (AvgIpc) is 3.05. The third-order valence-corrected chi connectivity index (χ3v) is 3.47. The van der Waals surface area contributed by atoms with E-state index < -0.39 is 11.1 Å². The predicted molar refractivity (Wildman–Crippen MR) is 83.1 cm³/mol. The Kier molecular flexibility index (Phi) is 4.05. The van der Waals surface area contributed by atoms with Crippen LogP contribution in [0.5, 0.6) is 0 Å². The number of aryl methyl sites for hydroxylation is 1. The van der Waals surface area contributed by atoms with Gasteiger partial charge in [-0.3, -0.25) is 19.4 Å². The number of hydrogen-bond donors (Lipinski definition) is 4. The summed E-state index contributed by atoms with van der Waals surface area (Å²) in [4.78, 5) is 42.5. The highest BCUT2D eigenvalue weighted by Crippen LogP contribution is 2.09. The Morgan fingerprint density at radius 3 is 2.65 bits per heavy atom. The van der Waals surface area contributed by atoms with Crippen LogP contribution in [-0.2, 0) is 6.54 Å². The van der Waals surface area contributed by atoms with Crippen LogP contribution >= 0.6 is 0 Å². The molecular formula is C15H16N5O3+. The number of nitrogens with one attached hydrogen (secondary N) is 4. The number of nitrogens with zero attached hydrogens (tertiary/aromatic N) is 1. The van der Waals surface area contributed by atoms with Gasteiger partial charge >= 0.3 is 11.1 Å². The molecule has 2 aromatic heterocycles. The van der Waals surface area contributed by atoms with Crippen molar-refractivity contribution in [1.82, 2.24) is 20.3 Å². The number of benzene rings is 1. The first-order valence-electron chi connectivity index (χ1n) is 7.20. The van der Waals surface area contributed by atoms with Crippen molar-refractivity contribution < 1.29 is 9.36 Å². The maximum absolute atomic E-state index is 12.1. The summed E-state index contributed by atoms with van der Waals surface area (Å²) < 4.78 is 1.99. The van der Waals surface area contributed by atoms with Crippen molar-refractivity contribution in [2.24, 2.45) is 0 Å². The van der Waals surface area contributed by atoms with Crippen molar-refractivity contribution in [3.63, 3.8) is 0 Å². The van der Waals surface area contributed by atoms with Crippen LogP contribution in [-0.4, -0.2) is 27.4 Å². The third-order valence-electron chi connectivity index (χ3n) is 3.47. The van der Waals surface area contributed by atoms with Gasteiger partial charge in [0.1, 0.15) is 12.4 Å². The summed E-state index contributed by atoms with van der Waals surface area (Å²) in [7, 11) is 0. The maximum Gasteiger partial charge on any atom is 0.314 e. The van der Waals surface area contributed by atoms with E-state index in [2.05, 4.69) is 20.3 Å². The molecule has 1 amide bonds. The highest BCUT2D eigenvalue weighted by atomic mass is 16.2. The van der Waals surface area contributed by atoms with Crippen molar-refractivity contribution in [2.75, 3.05) is 6.54 Å². The van der Waals surface area contributed by atoms with Gasteiger partial charge in [-0.05, 0) is 18.2 Å². The SMILES string of the molecule is O=C(NCCC[n+]1cc[nH]c1)c1ccc2[nH]c(=O)c(=O)[nH]c2c1. The van der Waals surface area contributed by atoms with E-state index in [1.54, 1.807) is 18.2 Å². The molecule has 0 aliphatic heterocycles. The zero-order valence-corrected chi connectivity index (χ0v) is 12.3. The number of fused-ring (bicyclic) bond motifs is 1. The summed E-state index contributed by atoms with van der Waals surface area (Å²) in [6.45, 7) is 1.34. The lowest BCUT2D eigenvalue weighted by atomic mass is 10.2. The molecule has 0 unspecified atom stereocenters. The molecule has 2 heterocycles. The molecule has 0 saturated heterocycles. The fraction of sp³-hybridized carbons (Fsp3) is 0.200. The molecule has 8 nitrogen and oxygen atoms in total. The Bertz CT molecular complexity index is 940. The second kappa shape index (κ2) is 6.30. The lowest BCUT2D eigenvalue weighted by molar-refractivity contribution is -0.695. The quantitative estimate of drug-likeness (QED) is 0.293. The minimum absolute atomic E-state index is 0.224. The third kappa shape index (κ3) is 3.37. The van der Waals surface area contributed by atoms with Gasteiger partial charge < -0.3 is 15.3 Å². The molecular weight excluding hydrogens is 298 g/mol. The molecule has 0 fully saturated rings.